The number of halogens is 1. The fourth-order valence-electron chi connectivity index (χ4n) is 1.26. The first-order valence-electron chi connectivity index (χ1n) is 4.84. The molecule has 1 N–H and O–H groups in total. The molecule has 14 heavy (non-hydrogen) atoms. The highest BCUT2D eigenvalue weighted by Gasteiger charge is 2.11. The number of aryl methyl sites for hydroxylation is 1. The van der Waals surface area contributed by atoms with Crippen molar-refractivity contribution in [2.24, 2.45) is 0 Å². The number of hydrogen-bond acceptors (Lipinski definition) is 2. The molecule has 0 aromatic carbocycles. The molecule has 0 aliphatic carbocycles. The summed E-state index contributed by atoms with van der Waals surface area (Å²) in [4.78, 5) is 18.8. The van der Waals surface area contributed by atoms with E-state index in [1.54, 1.807) is 0 Å². The molecule has 0 atom stereocenters. The first-order chi connectivity index (χ1) is 6.56. The zero-order valence-corrected chi connectivity index (χ0v) is 10.9. The molecule has 0 radical (unpaired) electrons. The number of nitrogens with zero attached hydrogens (tertiary/aromatic N) is 1. The van der Waals surface area contributed by atoms with Crippen LogP contribution in [0.2, 0.25) is 0 Å². The predicted octanol–water partition coefficient (Wildman–Crippen LogP) is 2.45. The molecular weight excluding hydrogens is 291 g/mol. The van der Waals surface area contributed by atoms with Crippen molar-refractivity contribution in [2.75, 3.05) is 0 Å². The zero-order valence-electron chi connectivity index (χ0n) is 8.72. The molecule has 1 heterocycles. The Bertz CT molecular complexity index is 371. The molecule has 0 saturated heterocycles. The van der Waals surface area contributed by atoms with Gasteiger partial charge < -0.3 is 4.98 Å². The minimum Gasteiger partial charge on any atom is -0.310 e. The Balaban J connectivity index is 3.21. The molecular formula is C10H15IN2O. The molecule has 4 heteroatoms. The van der Waals surface area contributed by atoms with Crippen LogP contribution in [0.15, 0.2) is 4.79 Å². The van der Waals surface area contributed by atoms with Crippen LogP contribution in [0.1, 0.15) is 44.6 Å². The third-order valence-electron chi connectivity index (χ3n) is 1.97. The Kier molecular flexibility index (Phi) is 4.10. The molecule has 0 spiro atoms. The van der Waals surface area contributed by atoms with Crippen molar-refractivity contribution in [3.8, 4) is 0 Å². The SMILES string of the molecule is CCCc1nc(C(C)C)c(I)c(=O)[nH]1. The zero-order chi connectivity index (χ0) is 10.7. The molecule has 0 fully saturated rings. The van der Waals surface area contributed by atoms with E-state index in [0.717, 1.165) is 27.9 Å². The van der Waals surface area contributed by atoms with Crippen LogP contribution < -0.4 is 5.56 Å². The summed E-state index contributed by atoms with van der Waals surface area (Å²) < 4.78 is 0.720. The van der Waals surface area contributed by atoms with Crippen LogP contribution in [-0.2, 0) is 6.42 Å². The van der Waals surface area contributed by atoms with E-state index < -0.39 is 0 Å². The molecule has 0 bridgehead atoms. The second-order valence-corrected chi connectivity index (χ2v) is 4.70. The van der Waals surface area contributed by atoms with Gasteiger partial charge in [0.2, 0.25) is 0 Å². The standard InChI is InChI=1S/C10H15IN2O/c1-4-5-7-12-9(6(2)3)8(11)10(14)13-7/h6H,4-5H2,1-3H3,(H,12,13,14). The number of nitrogens with one attached hydrogen (secondary N) is 1. The quantitative estimate of drug-likeness (QED) is 0.872. The molecule has 0 unspecified atom stereocenters. The highest BCUT2D eigenvalue weighted by molar-refractivity contribution is 14.1. The van der Waals surface area contributed by atoms with Crippen molar-refractivity contribution < 1.29 is 0 Å². The van der Waals surface area contributed by atoms with E-state index in [-0.39, 0.29) is 5.56 Å². The second kappa shape index (κ2) is 4.91. The number of aromatic nitrogens is 2. The lowest BCUT2D eigenvalue weighted by molar-refractivity contribution is 0.748. The summed E-state index contributed by atoms with van der Waals surface area (Å²) in [5.74, 6) is 1.11. The summed E-state index contributed by atoms with van der Waals surface area (Å²) in [6.07, 6.45) is 1.84. The van der Waals surface area contributed by atoms with Gasteiger partial charge in [0, 0.05) is 6.42 Å². The van der Waals surface area contributed by atoms with Gasteiger partial charge in [0.1, 0.15) is 5.82 Å². The third-order valence-corrected chi connectivity index (χ3v) is 3.01. The maximum absolute atomic E-state index is 11.5. The summed E-state index contributed by atoms with van der Waals surface area (Å²) in [6, 6.07) is 0. The van der Waals surface area contributed by atoms with Crippen LogP contribution in [0, 0.1) is 3.57 Å². The minimum absolute atomic E-state index is 0.00671. The first-order valence-corrected chi connectivity index (χ1v) is 5.92. The molecule has 1 aromatic heterocycles. The lowest BCUT2D eigenvalue weighted by atomic mass is 10.1. The third kappa shape index (κ3) is 2.56. The van der Waals surface area contributed by atoms with Gasteiger partial charge in [0.05, 0.1) is 9.26 Å². The molecule has 0 aliphatic heterocycles. The molecule has 78 valence electrons. The number of H-pyrrole nitrogens is 1. The predicted molar refractivity (Wildman–Crippen MR) is 65.7 cm³/mol. The fraction of sp³-hybridized carbons (Fsp3) is 0.600. The summed E-state index contributed by atoms with van der Waals surface area (Å²) >= 11 is 2.06. The maximum Gasteiger partial charge on any atom is 0.264 e. The largest absolute Gasteiger partial charge is 0.310 e. The van der Waals surface area contributed by atoms with Crippen LogP contribution in [0.4, 0.5) is 0 Å². The van der Waals surface area contributed by atoms with Crippen LogP contribution in [0.3, 0.4) is 0 Å². The van der Waals surface area contributed by atoms with Gasteiger partial charge in [-0.3, -0.25) is 4.79 Å². The van der Waals surface area contributed by atoms with Crippen molar-refractivity contribution in [2.45, 2.75) is 39.5 Å². The Hall–Kier alpha value is -0.390. The van der Waals surface area contributed by atoms with Gasteiger partial charge >= 0.3 is 0 Å². The van der Waals surface area contributed by atoms with E-state index >= 15 is 0 Å². The maximum atomic E-state index is 11.5. The average Bonchev–Trinajstić information content (AvgIpc) is 2.11. The molecule has 0 aliphatic rings. The van der Waals surface area contributed by atoms with Crippen molar-refractivity contribution in [3.63, 3.8) is 0 Å². The monoisotopic (exact) mass is 306 g/mol. The number of rotatable bonds is 3. The van der Waals surface area contributed by atoms with E-state index in [1.807, 2.05) is 0 Å². The van der Waals surface area contributed by atoms with E-state index in [2.05, 4.69) is 53.3 Å². The highest BCUT2D eigenvalue weighted by Crippen LogP contribution is 2.15. The summed E-state index contributed by atoms with van der Waals surface area (Å²) in [6.45, 7) is 6.19. The van der Waals surface area contributed by atoms with Crippen molar-refractivity contribution >= 4 is 22.6 Å². The second-order valence-electron chi connectivity index (χ2n) is 3.62. The van der Waals surface area contributed by atoms with E-state index in [9.17, 15) is 4.79 Å². The Morgan fingerprint density at radius 1 is 1.50 bits per heavy atom. The van der Waals surface area contributed by atoms with Gasteiger partial charge in [-0.1, -0.05) is 20.8 Å². The first kappa shape index (κ1) is 11.7. The topological polar surface area (TPSA) is 45.8 Å². The molecule has 1 aromatic rings. The van der Waals surface area contributed by atoms with Crippen LogP contribution in [-0.4, -0.2) is 9.97 Å². The summed E-state index contributed by atoms with van der Waals surface area (Å²) in [7, 11) is 0. The Morgan fingerprint density at radius 3 is 2.64 bits per heavy atom. The Morgan fingerprint density at radius 2 is 2.14 bits per heavy atom. The van der Waals surface area contributed by atoms with Crippen LogP contribution in [0.25, 0.3) is 0 Å². The van der Waals surface area contributed by atoms with Crippen LogP contribution >= 0.6 is 22.6 Å². The van der Waals surface area contributed by atoms with Gasteiger partial charge in [0.15, 0.2) is 0 Å². The van der Waals surface area contributed by atoms with Gasteiger partial charge in [0.25, 0.3) is 5.56 Å². The average molecular weight is 306 g/mol. The van der Waals surface area contributed by atoms with E-state index in [0.29, 0.717) is 5.92 Å². The molecule has 1 rings (SSSR count). The van der Waals surface area contributed by atoms with E-state index in [1.165, 1.54) is 0 Å². The summed E-state index contributed by atoms with van der Waals surface area (Å²) in [5.41, 5.74) is 0.908. The van der Waals surface area contributed by atoms with Gasteiger partial charge in [-0.05, 0) is 34.9 Å². The lowest BCUT2D eigenvalue weighted by Gasteiger charge is -2.08. The number of aromatic amines is 1. The summed E-state index contributed by atoms with van der Waals surface area (Å²) in [5, 5.41) is 0. The van der Waals surface area contributed by atoms with Gasteiger partial charge in [-0.2, -0.15) is 0 Å². The molecule has 3 nitrogen and oxygen atoms in total. The van der Waals surface area contributed by atoms with E-state index in [4.69, 9.17) is 0 Å². The van der Waals surface area contributed by atoms with Crippen LogP contribution in [0.5, 0.6) is 0 Å². The minimum atomic E-state index is -0.00671. The van der Waals surface area contributed by atoms with Crippen molar-refractivity contribution in [1.29, 1.82) is 0 Å². The lowest BCUT2D eigenvalue weighted by Crippen LogP contribution is -2.18. The molecule has 0 amide bonds. The molecule has 0 saturated carbocycles. The normalized spacial score (nSPS) is 10.9. The smallest absolute Gasteiger partial charge is 0.264 e. The Labute approximate surface area is 97.5 Å². The van der Waals surface area contributed by atoms with Gasteiger partial charge in [-0.15, -0.1) is 0 Å². The van der Waals surface area contributed by atoms with Crippen molar-refractivity contribution in [1.82, 2.24) is 9.97 Å². The van der Waals surface area contributed by atoms with Crippen molar-refractivity contribution in [3.05, 3.63) is 25.4 Å². The van der Waals surface area contributed by atoms with Gasteiger partial charge in [-0.25, -0.2) is 4.98 Å². The fourth-order valence-corrected chi connectivity index (χ4v) is 2.14. The number of hydrogen-bond donors (Lipinski definition) is 1. The highest BCUT2D eigenvalue weighted by atomic mass is 127.